The Balaban J connectivity index is 1.39. The van der Waals surface area contributed by atoms with Crippen molar-refractivity contribution in [3.05, 3.63) is 77.6 Å². The van der Waals surface area contributed by atoms with Gasteiger partial charge in [-0.25, -0.2) is 4.68 Å². The van der Waals surface area contributed by atoms with Crippen LogP contribution in [0.15, 0.2) is 60.9 Å². The fourth-order valence-corrected chi connectivity index (χ4v) is 4.22. The minimum atomic E-state index is -4.42. The van der Waals surface area contributed by atoms with Crippen LogP contribution in [0, 0.1) is 0 Å². The number of benzene rings is 2. The van der Waals surface area contributed by atoms with E-state index in [9.17, 15) is 18.0 Å². The van der Waals surface area contributed by atoms with E-state index >= 15 is 0 Å². The van der Waals surface area contributed by atoms with Gasteiger partial charge < -0.3 is 5.32 Å². The maximum atomic E-state index is 13.0. The first kappa shape index (κ1) is 22.9. The summed E-state index contributed by atoms with van der Waals surface area (Å²) in [5.74, 6) is -0.206. The highest BCUT2D eigenvalue weighted by Gasteiger charge is 2.38. The Bertz CT molecular complexity index is 1040. The summed E-state index contributed by atoms with van der Waals surface area (Å²) in [5, 5.41) is 14.2. The van der Waals surface area contributed by atoms with Gasteiger partial charge in [-0.2, -0.15) is 13.2 Å². The Morgan fingerprint density at radius 1 is 1.09 bits per heavy atom. The molecule has 174 valence electrons. The van der Waals surface area contributed by atoms with Crippen LogP contribution in [0.2, 0.25) is 0 Å². The highest BCUT2D eigenvalue weighted by Crippen LogP contribution is 2.30. The Labute approximate surface area is 189 Å². The van der Waals surface area contributed by atoms with Crippen molar-refractivity contribution in [2.75, 3.05) is 13.1 Å². The summed E-state index contributed by atoms with van der Waals surface area (Å²) in [5.41, 5.74) is 0.916. The molecule has 33 heavy (non-hydrogen) atoms. The standard InChI is InChI=1S/C23H25F3N6O/c24-23(25,26)19-10-4-8-18(12-19)14-27-22(33)21-13-20(32-16-28-29-30-32)15-31(21)11-5-9-17-6-2-1-3-7-17/h1-4,6-8,10,12,16,20-21H,5,9,11,13-15H2,(H,27,33)/t20-,21+/m1/s1. The van der Waals surface area contributed by atoms with Gasteiger partial charge in [-0.15, -0.1) is 5.10 Å². The molecule has 7 nitrogen and oxygen atoms in total. The number of nitrogens with one attached hydrogen (secondary N) is 1. The third-order valence-electron chi connectivity index (χ3n) is 5.90. The van der Waals surface area contributed by atoms with Crippen molar-refractivity contribution < 1.29 is 18.0 Å². The molecule has 0 spiro atoms. The summed E-state index contributed by atoms with van der Waals surface area (Å²) in [6.45, 7) is 1.38. The number of nitrogens with zero attached hydrogens (tertiary/aromatic N) is 5. The van der Waals surface area contributed by atoms with Crippen molar-refractivity contribution >= 4 is 5.91 Å². The molecule has 2 atom stereocenters. The van der Waals surface area contributed by atoms with E-state index < -0.39 is 17.8 Å². The molecule has 0 saturated carbocycles. The second-order valence-corrected chi connectivity index (χ2v) is 8.20. The summed E-state index contributed by atoms with van der Waals surface area (Å²) in [7, 11) is 0. The van der Waals surface area contributed by atoms with Gasteiger partial charge in [0.15, 0.2) is 0 Å². The lowest BCUT2D eigenvalue weighted by atomic mass is 10.1. The second kappa shape index (κ2) is 10.1. The maximum Gasteiger partial charge on any atom is 0.416 e. The smallest absolute Gasteiger partial charge is 0.351 e. The Morgan fingerprint density at radius 2 is 1.88 bits per heavy atom. The minimum Gasteiger partial charge on any atom is -0.351 e. The van der Waals surface area contributed by atoms with Gasteiger partial charge in [0.2, 0.25) is 5.91 Å². The van der Waals surface area contributed by atoms with E-state index in [1.807, 2.05) is 18.2 Å². The molecule has 1 aromatic heterocycles. The molecule has 1 fully saturated rings. The topological polar surface area (TPSA) is 75.9 Å². The Hall–Kier alpha value is -3.27. The minimum absolute atomic E-state index is 0.0344. The molecule has 4 rings (SSSR count). The van der Waals surface area contributed by atoms with Crippen molar-refractivity contribution in [2.24, 2.45) is 0 Å². The monoisotopic (exact) mass is 458 g/mol. The average molecular weight is 458 g/mol. The third-order valence-corrected chi connectivity index (χ3v) is 5.90. The van der Waals surface area contributed by atoms with Gasteiger partial charge >= 0.3 is 6.18 Å². The highest BCUT2D eigenvalue weighted by atomic mass is 19.4. The number of hydrogen-bond donors (Lipinski definition) is 1. The second-order valence-electron chi connectivity index (χ2n) is 8.20. The molecular weight excluding hydrogens is 433 g/mol. The van der Waals surface area contributed by atoms with Crippen LogP contribution in [0.3, 0.4) is 0 Å². The van der Waals surface area contributed by atoms with Gasteiger partial charge in [0.05, 0.1) is 17.6 Å². The molecule has 1 amide bonds. The highest BCUT2D eigenvalue weighted by molar-refractivity contribution is 5.82. The van der Waals surface area contributed by atoms with Crippen LogP contribution < -0.4 is 5.32 Å². The summed E-state index contributed by atoms with van der Waals surface area (Å²) < 4.78 is 40.6. The van der Waals surface area contributed by atoms with Crippen molar-refractivity contribution in [1.82, 2.24) is 30.4 Å². The van der Waals surface area contributed by atoms with Crippen molar-refractivity contribution in [3.63, 3.8) is 0 Å². The van der Waals surface area contributed by atoms with E-state index in [0.717, 1.165) is 31.5 Å². The first-order valence-electron chi connectivity index (χ1n) is 10.8. The molecule has 1 aliphatic rings. The lowest BCUT2D eigenvalue weighted by molar-refractivity contribution is -0.137. The van der Waals surface area contributed by atoms with Gasteiger partial charge in [0, 0.05) is 13.1 Å². The fourth-order valence-electron chi connectivity index (χ4n) is 4.22. The van der Waals surface area contributed by atoms with Crippen LogP contribution >= 0.6 is 0 Å². The first-order chi connectivity index (χ1) is 15.9. The number of aromatic nitrogens is 4. The quantitative estimate of drug-likeness (QED) is 0.561. The molecule has 3 aromatic rings. The van der Waals surface area contributed by atoms with Gasteiger partial charge in [-0.05, 0) is 59.5 Å². The Morgan fingerprint density at radius 3 is 2.61 bits per heavy atom. The summed E-state index contributed by atoms with van der Waals surface area (Å²) in [6.07, 6.45) is -0.574. The number of tetrazole rings is 1. The van der Waals surface area contributed by atoms with Gasteiger partial charge in [0.25, 0.3) is 0 Å². The molecule has 1 N–H and O–H groups in total. The molecule has 10 heteroatoms. The molecule has 2 heterocycles. The lowest BCUT2D eigenvalue weighted by Crippen LogP contribution is -2.43. The van der Waals surface area contributed by atoms with Crippen molar-refractivity contribution in [1.29, 1.82) is 0 Å². The normalized spacial score (nSPS) is 19.0. The third kappa shape index (κ3) is 5.95. The summed E-state index contributed by atoms with van der Waals surface area (Å²) in [6, 6.07) is 14.7. The molecule has 0 radical (unpaired) electrons. The van der Waals surface area contributed by atoms with Crippen LogP contribution in [0.1, 0.15) is 35.6 Å². The van der Waals surface area contributed by atoms with E-state index in [-0.39, 0.29) is 18.5 Å². The number of likely N-dealkylation sites (tertiary alicyclic amines) is 1. The molecular formula is C23H25F3N6O. The fraction of sp³-hybridized carbons (Fsp3) is 0.391. The zero-order valence-electron chi connectivity index (χ0n) is 17.9. The number of amides is 1. The van der Waals surface area contributed by atoms with Crippen LogP contribution in [-0.2, 0) is 23.9 Å². The van der Waals surface area contributed by atoms with Crippen LogP contribution in [0.4, 0.5) is 13.2 Å². The maximum absolute atomic E-state index is 13.0. The summed E-state index contributed by atoms with van der Waals surface area (Å²) >= 11 is 0. The SMILES string of the molecule is O=C(NCc1cccc(C(F)(F)F)c1)[C@@H]1C[C@@H](n2cnnn2)CN1CCCc1ccccc1. The van der Waals surface area contributed by atoms with Crippen LogP contribution in [0.25, 0.3) is 0 Å². The number of rotatable bonds is 8. The van der Waals surface area contributed by atoms with E-state index in [0.29, 0.717) is 18.5 Å². The van der Waals surface area contributed by atoms with E-state index in [1.54, 1.807) is 10.7 Å². The number of carbonyl (C=O) groups is 1. The summed E-state index contributed by atoms with van der Waals surface area (Å²) in [4.78, 5) is 15.1. The van der Waals surface area contributed by atoms with Crippen molar-refractivity contribution in [3.8, 4) is 0 Å². The van der Waals surface area contributed by atoms with E-state index in [4.69, 9.17) is 0 Å². The molecule has 1 saturated heterocycles. The molecule has 0 aliphatic carbocycles. The number of aryl methyl sites for hydroxylation is 1. The largest absolute Gasteiger partial charge is 0.416 e. The number of hydrogen-bond acceptors (Lipinski definition) is 5. The predicted octanol–water partition coefficient (Wildman–Crippen LogP) is 3.26. The molecule has 2 aromatic carbocycles. The molecule has 0 unspecified atom stereocenters. The zero-order valence-corrected chi connectivity index (χ0v) is 17.9. The Kier molecular flexibility index (Phi) is 7.02. The average Bonchev–Trinajstić information content (AvgIpc) is 3.48. The van der Waals surface area contributed by atoms with Crippen LogP contribution in [0.5, 0.6) is 0 Å². The van der Waals surface area contributed by atoms with E-state index in [2.05, 4.69) is 37.9 Å². The van der Waals surface area contributed by atoms with Crippen LogP contribution in [-0.4, -0.2) is 50.1 Å². The predicted molar refractivity (Wildman–Crippen MR) is 115 cm³/mol. The number of carbonyl (C=O) groups excluding carboxylic acids is 1. The molecule has 1 aliphatic heterocycles. The van der Waals surface area contributed by atoms with Gasteiger partial charge in [-0.3, -0.25) is 9.69 Å². The van der Waals surface area contributed by atoms with Gasteiger partial charge in [0.1, 0.15) is 6.33 Å². The first-order valence-corrected chi connectivity index (χ1v) is 10.8. The van der Waals surface area contributed by atoms with Gasteiger partial charge in [-0.1, -0.05) is 42.5 Å². The number of halogens is 3. The lowest BCUT2D eigenvalue weighted by Gasteiger charge is -2.23. The zero-order chi connectivity index (χ0) is 23.3. The van der Waals surface area contributed by atoms with Crippen molar-refractivity contribution in [2.45, 2.75) is 44.1 Å². The number of alkyl halides is 3. The molecule has 0 bridgehead atoms. The van der Waals surface area contributed by atoms with E-state index in [1.165, 1.54) is 18.0 Å².